The lowest BCUT2D eigenvalue weighted by molar-refractivity contribution is 0.352. The monoisotopic (exact) mass is 271 g/mol. The van der Waals surface area contributed by atoms with Crippen molar-refractivity contribution in [1.82, 2.24) is 5.32 Å². The summed E-state index contributed by atoms with van der Waals surface area (Å²) in [6.07, 6.45) is 1.05. The Balaban J connectivity index is 2.91. The van der Waals surface area contributed by atoms with Crippen molar-refractivity contribution in [2.45, 2.75) is 39.3 Å². The highest BCUT2D eigenvalue weighted by Crippen LogP contribution is 2.37. The van der Waals surface area contributed by atoms with Gasteiger partial charge in [0, 0.05) is 12.1 Å². The minimum Gasteiger partial charge on any atom is -0.493 e. The van der Waals surface area contributed by atoms with Gasteiger partial charge in [-0.15, -0.1) is 0 Å². The van der Waals surface area contributed by atoms with Gasteiger partial charge in [0.05, 0.1) is 19.2 Å². The molecule has 1 aromatic carbocycles. The number of halogens is 1. The Labute approximate surface area is 114 Å². The number of nitrogens with one attached hydrogen (secondary N) is 1. The highest BCUT2D eigenvalue weighted by atomic mass is 35.5. The van der Waals surface area contributed by atoms with Crippen LogP contribution >= 0.6 is 11.6 Å². The molecule has 0 spiro atoms. The van der Waals surface area contributed by atoms with Crippen LogP contribution in [0.3, 0.4) is 0 Å². The lowest BCUT2D eigenvalue weighted by Crippen LogP contribution is -2.37. The summed E-state index contributed by atoms with van der Waals surface area (Å²) in [5.41, 5.74) is 1.10. The van der Waals surface area contributed by atoms with Crippen molar-refractivity contribution in [2.75, 3.05) is 14.2 Å². The maximum atomic E-state index is 6.32. The molecule has 102 valence electrons. The molecule has 1 aromatic rings. The summed E-state index contributed by atoms with van der Waals surface area (Å²) in [6, 6.07) is 3.84. The molecule has 0 atom stereocenters. The van der Waals surface area contributed by atoms with Crippen LogP contribution in [0, 0.1) is 0 Å². The summed E-state index contributed by atoms with van der Waals surface area (Å²) in [6.45, 7) is 7.20. The van der Waals surface area contributed by atoms with Crippen molar-refractivity contribution in [3.63, 3.8) is 0 Å². The first kappa shape index (κ1) is 15.1. The van der Waals surface area contributed by atoms with Gasteiger partial charge in [0.25, 0.3) is 0 Å². The molecule has 0 amide bonds. The SMILES string of the molecule is CCC(C)(C)NCc1ccc(OC)c(OC)c1Cl. The summed E-state index contributed by atoms with van der Waals surface area (Å²) in [5, 5.41) is 4.08. The molecule has 0 unspecified atom stereocenters. The number of methoxy groups -OCH3 is 2. The minimum atomic E-state index is 0.0937. The third-order valence-corrected chi connectivity index (χ3v) is 3.62. The molecule has 3 nitrogen and oxygen atoms in total. The molecule has 0 heterocycles. The molecule has 0 bridgehead atoms. The molecule has 4 heteroatoms. The maximum Gasteiger partial charge on any atom is 0.179 e. The molecular weight excluding hydrogens is 250 g/mol. The van der Waals surface area contributed by atoms with Crippen molar-refractivity contribution >= 4 is 11.6 Å². The van der Waals surface area contributed by atoms with Gasteiger partial charge in [-0.3, -0.25) is 0 Å². The topological polar surface area (TPSA) is 30.5 Å². The second-order valence-electron chi connectivity index (χ2n) is 4.87. The summed E-state index contributed by atoms with van der Waals surface area (Å²) < 4.78 is 10.5. The van der Waals surface area contributed by atoms with E-state index in [2.05, 4.69) is 26.1 Å². The zero-order valence-electron chi connectivity index (χ0n) is 11.8. The molecule has 1 N–H and O–H groups in total. The first-order chi connectivity index (χ1) is 8.45. The van der Waals surface area contributed by atoms with E-state index in [1.54, 1.807) is 14.2 Å². The van der Waals surface area contributed by atoms with Crippen molar-refractivity contribution in [3.05, 3.63) is 22.7 Å². The molecule has 0 aliphatic heterocycles. The molecule has 0 aliphatic rings. The second-order valence-corrected chi connectivity index (χ2v) is 5.24. The molecule has 0 fully saturated rings. The molecule has 18 heavy (non-hydrogen) atoms. The third-order valence-electron chi connectivity index (χ3n) is 3.21. The van der Waals surface area contributed by atoms with E-state index in [0.717, 1.165) is 12.0 Å². The van der Waals surface area contributed by atoms with Gasteiger partial charge in [-0.25, -0.2) is 0 Å². The van der Waals surface area contributed by atoms with Crippen LogP contribution in [0.15, 0.2) is 12.1 Å². The lowest BCUT2D eigenvalue weighted by atomic mass is 10.0. The van der Waals surface area contributed by atoms with E-state index in [0.29, 0.717) is 23.1 Å². The Morgan fingerprint density at radius 1 is 1.22 bits per heavy atom. The van der Waals surface area contributed by atoms with Crippen LogP contribution in [-0.4, -0.2) is 19.8 Å². The van der Waals surface area contributed by atoms with Crippen molar-refractivity contribution in [2.24, 2.45) is 0 Å². The fourth-order valence-electron chi connectivity index (χ4n) is 1.53. The molecule has 0 saturated carbocycles. The zero-order valence-corrected chi connectivity index (χ0v) is 12.5. The van der Waals surface area contributed by atoms with E-state index in [1.165, 1.54) is 0 Å². The van der Waals surface area contributed by atoms with Gasteiger partial charge < -0.3 is 14.8 Å². The van der Waals surface area contributed by atoms with Crippen LogP contribution in [0.4, 0.5) is 0 Å². The number of benzene rings is 1. The minimum absolute atomic E-state index is 0.0937. The van der Waals surface area contributed by atoms with E-state index < -0.39 is 0 Å². The Morgan fingerprint density at radius 2 is 1.89 bits per heavy atom. The fraction of sp³-hybridized carbons (Fsp3) is 0.571. The second kappa shape index (κ2) is 6.30. The first-order valence-corrected chi connectivity index (χ1v) is 6.47. The number of rotatable bonds is 6. The number of hydrogen-bond donors (Lipinski definition) is 1. The summed E-state index contributed by atoms with van der Waals surface area (Å²) in [5.74, 6) is 1.24. The van der Waals surface area contributed by atoms with Gasteiger partial charge in [0.2, 0.25) is 0 Å². The van der Waals surface area contributed by atoms with Crippen LogP contribution in [0.25, 0.3) is 0 Å². The van der Waals surface area contributed by atoms with Crippen LogP contribution in [0.5, 0.6) is 11.5 Å². The summed E-state index contributed by atoms with van der Waals surface area (Å²) >= 11 is 6.32. The molecule has 1 rings (SSSR count). The molecule has 0 saturated heterocycles. The van der Waals surface area contributed by atoms with Crippen LogP contribution in [-0.2, 0) is 6.54 Å². The van der Waals surface area contributed by atoms with Gasteiger partial charge in [0.15, 0.2) is 11.5 Å². The largest absolute Gasteiger partial charge is 0.493 e. The van der Waals surface area contributed by atoms with Crippen molar-refractivity contribution in [1.29, 1.82) is 0 Å². The quantitative estimate of drug-likeness (QED) is 0.857. The van der Waals surface area contributed by atoms with Crippen LogP contribution in [0.2, 0.25) is 5.02 Å². The summed E-state index contributed by atoms with van der Waals surface area (Å²) in [7, 11) is 3.20. The van der Waals surface area contributed by atoms with E-state index in [9.17, 15) is 0 Å². The normalized spacial score (nSPS) is 11.4. The molecule has 0 aromatic heterocycles. The Morgan fingerprint density at radius 3 is 2.39 bits per heavy atom. The maximum absolute atomic E-state index is 6.32. The Bertz CT molecular complexity index is 405. The Kier molecular flexibility index (Phi) is 5.29. The third kappa shape index (κ3) is 3.53. The fourth-order valence-corrected chi connectivity index (χ4v) is 1.83. The van der Waals surface area contributed by atoms with Gasteiger partial charge in [-0.2, -0.15) is 0 Å². The van der Waals surface area contributed by atoms with E-state index >= 15 is 0 Å². The highest BCUT2D eigenvalue weighted by Gasteiger charge is 2.17. The first-order valence-electron chi connectivity index (χ1n) is 6.09. The Hall–Kier alpha value is -0.930. The average Bonchev–Trinajstić information content (AvgIpc) is 2.37. The lowest BCUT2D eigenvalue weighted by Gasteiger charge is -2.25. The van der Waals surface area contributed by atoms with E-state index in [1.807, 2.05) is 12.1 Å². The van der Waals surface area contributed by atoms with E-state index in [-0.39, 0.29) is 5.54 Å². The van der Waals surface area contributed by atoms with Gasteiger partial charge in [-0.1, -0.05) is 24.6 Å². The van der Waals surface area contributed by atoms with Crippen LogP contribution in [0.1, 0.15) is 32.8 Å². The number of ether oxygens (including phenoxy) is 2. The highest BCUT2D eigenvalue weighted by molar-refractivity contribution is 6.33. The van der Waals surface area contributed by atoms with Crippen molar-refractivity contribution < 1.29 is 9.47 Å². The van der Waals surface area contributed by atoms with E-state index in [4.69, 9.17) is 21.1 Å². The predicted octanol–water partition coefficient (Wildman–Crippen LogP) is 3.64. The molecule has 0 aliphatic carbocycles. The zero-order chi connectivity index (χ0) is 13.8. The molecule has 0 radical (unpaired) electrons. The van der Waals surface area contributed by atoms with Crippen LogP contribution < -0.4 is 14.8 Å². The van der Waals surface area contributed by atoms with Gasteiger partial charge in [-0.05, 0) is 31.9 Å². The summed E-state index contributed by atoms with van der Waals surface area (Å²) in [4.78, 5) is 0. The average molecular weight is 272 g/mol. The standard InChI is InChI=1S/C14H22ClNO2/c1-6-14(2,3)16-9-10-7-8-11(17-4)13(18-5)12(10)15/h7-8,16H,6,9H2,1-5H3. The number of hydrogen-bond acceptors (Lipinski definition) is 3. The smallest absolute Gasteiger partial charge is 0.179 e. The van der Waals surface area contributed by atoms with Gasteiger partial charge >= 0.3 is 0 Å². The van der Waals surface area contributed by atoms with Crippen molar-refractivity contribution in [3.8, 4) is 11.5 Å². The predicted molar refractivity (Wildman–Crippen MR) is 75.8 cm³/mol. The van der Waals surface area contributed by atoms with Gasteiger partial charge in [0.1, 0.15) is 0 Å². The molecular formula is C14H22ClNO2.